The van der Waals surface area contributed by atoms with Gasteiger partial charge in [-0.1, -0.05) is 6.92 Å². The maximum Gasteiger partial charge on any atom is 0.243 e. The lowest BCUT2D eigenvalue weighted by molar-refractivity contribution is 0.353. The summed E-state index contributed by atoms with van der Waals surface area (Å²) in [5.41, 5.74) is 0.572. The zero-order valence-electron chi connectivity index (χ0n) is 12.7. The Morgan fingerprint density at radius 2 is 1.81 bits per heavy atom. The first-order valence-electron chi connectivity index (χ1n) is 6.52. The Labute approximate surface area is 125 Å². The number of nitriles is 1. The molecule has 0 spiro atoms. The van der Waals surface area contributed by atoms with Gasteiger partial charge in [-0.25, -0.2) is 8.42 Å². The lowest BCUT2D eigenvalue weighted by atomic mass is 10.2. The molecule has 116 valence electrons. The average molecular weight is 312 g/mol. The van der Waals surface area contributed by atoms with E-state index in [0.29, 0.717) is 23.6 Å². The first-order chi connectivity index (χ1) is 9.92. The normalized spacial score (nSPS) is 11.2. The van der Waals surface area contributed by atoms with Crippen molar-refractivity contribution in [3.05, 3.63) is 17.7 Å². The molecule has 0 aliphatic carbocycles. The quantitative estimate of drug-likeness (QED) is 0.768. The van der Waals surface area contributed by atoms with Gasteiger partial charge in [0.25, 0.3) is 0 Å². The average Bonchev–Trinajstić information content (AvgIpc) is 2.47. The summed E-state index contributed by atoms with van der Waals surface area (Å²) in [6.07, 6.45) is 0.152. The number of rotatable bonds is 7. The molecule has 0 saturated heterocycles. The van der Waals surface area contributed by atoms with Crippen LogP contribution in [0, 0.1) is 18.3 Å². The molecule has 0 aliphatic rings. The van der Waals surface area contributed by atoms with Gasteiger partial charge in [-0.05, 0) is 18.6 Å². The number of nitrogens with zero attached hydrogens (tertiary/aromatic N) is 2. The van der Waals surface area contributed by atoms with Crippen LogP contribution in [0.3, 0.4) is 0 Å². The van der Waals surface area contributed by atoms with E-state index < -0.39 is 10.0 Å². The van der Waals surface area contributed by atoms with Crippen LogP contribution in [-0.4, -0.2) is 40.0 Å². The highest BCUT2D eigenvalue weighted by Gasteiger charge is 2.26. The first-order valence-corrected chi connectivity index (χ1v) is 7.96. The van der Waals surface area contributed by atoms with E-state index in [2.05, 4.69) is 0 Å². The van der Waals surface area contributed by atoms with E-state index in [4.69, 9.17) is 14.7 Å². The molecule has 0 aliphatic heterocycles. The number of aryl methyl sites for hydroxylation is 1. The molecule has 7 heteroatoms. The summed E-state index contributed by atoms with van der Waals surface area (Å²) in [6, 6.07) is 5.05. The van der Waals surface area contributed by atoms with Crippen molar-refractivity contribution in [2.45, 2.75) is 25.2 Å². The largest absolute Gasteiger partial charge is 0.493 e. The molecule has 1 rings (SSSR count). The van der Waals surface area contributed by atoms with Crippen LogP contribution in [0.25, 0.3) is 0 Å². The summed E-state index contributed by atoms with van der Waals surface area (Å²) in [7, 11) is -0.713. The second kappa shape index (κ2) is 7.29. The van der Waals surface area contributed by atoms with Gasteiger partial charge in [-0.2, -0.15) is 9.57 Å². The predicted molar refractivity (Wildman–Crippen MR) is 78.9 cm³/mol. The molecule has 0 radical (unpaired) electrons. The number of benzene rings is 1. The minimum absolute atomic E-state index is 0.152. The van der Waals surface area contributed by atoms with Gasteiger partial charge >= 0.3 is 0 Å². The molecule has 0 heterocycles. The Morgan fingerprint density at radius 1 is 1.24 bits per heavy atom. The van der Waals surface area contributed by atoms with Gasteiger partial charge in [0, 0.05) is 25.6 Å². The molecule has 0 atom stereocenters. The lowest BCUT2D eigenvalue weighted by Crippen LogP contribution is -2.32. The van der Waals surface area contributed by atoms with Crippen LogP contribution in [0.5, 0.6) is 11.5 Å². The molecule has 1 aromatic rings. The van der Waals surface area contributed by atoms with Crippen molar-refractivity contribution in [3.63, 3.8) is 0 Å². The van der Waals surface area contributed by atoms with Gasteiger partial charge in [0.1, 0.15) is 0 Å². The molecule has 0 fully saturated rings. The fourth-order valence-electron chi connectivity index (χ4n) is 2.00. The minimum Gasteiger partial charge on any atom is -0.493 e. The Hall–Kier alpha value is -1.78. The van der Waals surface area contributed by atoms with Crippen molar-refractivity contribution >= 4 is 10.0 Å². The molecule has 1 aromatic carbocycles. The van der Waals surface area contributed by atoms with Gasteiger partial charge in [0.05, 0.1) is 25.2 Å². The SMILES string of the molecule is CCN(CCC#N)S(=O)(=O)c1cc(OC)c(OC)cc1C. The molecule has 0 saturated carbocycles. The topological polar surface area (TPSA) is 79.6 Å². The molecular weight excluding hydrogens is 292 g/mol. The predicted octanol–water partition coefficient (Wildman–Crippen LogP) is 1.94. The zero-order chi connectivity index (χ0) is 16.0. The summed E-state index contributed by atoms with van der Waals surface area (Å²) >= 11 is 0. The second-order valence-electron chi connectivity index (χ2n) is 4.38. The summed E-state index contributed by atoms with van der Waals surface area (Å²) in [5, 5.41) is 8.64. The van der Waals surface area contributed by atoms with E-state index in [0.717, 1.165) is 0 Å². The molecule has 6 nitrogen and oxygen atoms in total. The van der Waals surface area contributed by atoms with Crippen LogP contribution in [0.15, 0.2) is 17.0 Å². The van der Waals surface area contributed by atoms with Crippen LogP contribution in [-0.2, 0) is 10.0 Å². The lowest BCUT2D eigenvalue weighted by Gasteiger charge is -2.21. The maximum atomic E-state index is 12.7. The van der Waals surface area contributed by atoms with Crippen molar-refractivity contribution in [3.8, 4) is 17.6 Å². The third-order valence-corrected chi connectivity index (χ3v) is 5.24. The van der Waals surface area contributed by atoms with Gasteiger partial charge in [0.2, 0.25) is 10.0 Å². The molecule has 0 aromatic heterocycles. The van der Waals surface area contributed by atoms with Crippen molar-refractivity contribution in [1.29, 1.82) is 5.26 Å². The van der Waals surface area contributed by atoms with Crippen LogP contribution >= 0.6 is 0 Å². The number of hydrogen-bond donors (Lipinski definition) is 0. The van der Waals surface area contributed by atoms with Crippen LogP contribution in [0.1, 0.15) is 18.9 Å². The van der Waals surface area contributed by atoms with Crippen LogP contribution < -0.4 is 9.47 Å². The summed E-state index contributed by atoms with van der Waals surface area (Å²) in [6.45, 7) is 3.92. The highest BCUT2D eigenvalue weighted by molar-refractivity contribution is 7.89. The number of methoxy groups -OCH3 is 2. The number of hydrogen-bond acceptors (Lipinski definition) is 5. The summed E-state index contributed by atoms with van der Waals surface area (Å²) in [5.74, 6) is 0.840. The van der Waals surface area contributed by atoms with Gasteiger partial charge in [-0.3, -0.25) is 0 Å². The molecule has 0 bridgehead atoms. The summed E-state index contributed by atoms with van der Waals surface area (Å²) < 4.78 is 37.0. The highest BCUT2D eigenvalue weighted by atomic mass is 32.2. The number of ether oxygens (including phenoxy) is 2. The zero-order valence-corrected chi connectivity index (χ0v) is 13.5. The Morgan fingerprint density at radius 3 is 2.29 bits per heavy atom. The second-order valence-corrected chi connectivity index (χ2v) is 6.28. The van der Waals surface area contributed by atoms with Gasteiger partial charge < -0.3 is 9.47 Å². The fourth-order valence-corrected chi connectivity index (χ4v) is 3.67. The molecule has 0 N–H and O–H groups in total. The molecule has 0 unspecified atom stereocenters. The van der Waals surface area contributed by atoms with Gasteiger partial charge in [-0.15, -0.1) is 0 Å². The van der Waals surface area contributed by atoms with E-state index in [1.807, 2.05) is 6.07 Å². The number of sulfonamides is 1. The third-order valence-electron chi connectivity index (χ3n) is 3.12. The fraction of sp³-hybridized carbons (Fsp3) is 0.500. The van der Waals surface area contributed by atoms with E-state index in [1.54, 1.807) is 19.9 Å². The van der Waals surface area contributed by atoms with Crippen molar-refractivity contribution < 1.29 is 17.9 Å². The molecule has 21 heavy (non-hydrogen) atoms. The Balaban J connectivity index is 3.33. The maximum absolute atomic E-state index is 12.7. The van der Waals surface area contributed by atoms with Gasteiger partial charge in [0.15, 0.2) is 11.5 Å². The van der Waals surface area contributed by atoms with E-state index in [1.165, 1.54) is 24.6 Å². The first kappa shape index (κ1) is 17.3. The Bertz CT molecular complexity index is 635. The monoisotopic (exact) mass is 312 g/mol. The van der Waals surface area contributed by atoms with Crippen molar-refractivity contribution in [2.24, 2.45) is 0 Å². The standard InChI is InChI=1S/C14H20N2O4S/c1-5-16(8-6-7-15)21(17,18)14-10-13(20-4)12(19-3)9-11(14)2/h9-10H,5-6,8H2,1-4H3. The van der Waals surface area contributed by atoms with Crippen molar-refractivity contribution in [2.75, 3.05) is 27.3 Å². The van der Waals surface area contributed by atoms with E-state index in [9.17, 15) is 8.42 Å². The minimum atomic E-state index is -3.66. The van der Waals surface area contributed by atoms with Crippen molar-refractivity contribution in [1.82, 2.24) is 4.31 Å². The summed E-state index contributed by atoms with van der Waals surface area (Å²) in [4.78, 5) is 0.167. The van der Waals surface area contributed by atoms with Crippen LogP contribution in [0.4, 0.5) is 0 Å². The Kier molecular flexibility index (Phi) is 6.00. The highest BCUT2D eigenvalue weighted by Crippen LogP contribution is 2.33. The molecule has 0 amide bonds. The third kappa shape index (κ3) is 3.65. The molecular formula is C14H20N2O4S. The van der Waals surface area contributed by atoms with E-state index >= 15 is 0 Å². The van der Waals surface area contributed by atoms with E-state index in [-0.39, 0.29) is 17.9 Å². The smallest absolute Gasteiger partial charge is 0.243 e. The van der Waals surface area contributed by atoms with Crippen LogP contribution in [0.2, 0.25) is 0 Å².